The van der Waals surface area contributed by atoms with Gasteiger partial charge >= 0.3 is 5.97 Å². The van der Waals surface area contributed by atoms with Gasteiger partial charge in [-0.15, -0.1) is 0 Å². The van der Waals surface area contributed by atoms with Gasteiger partial charge in [-0.05, 0) is 24.3 Å². The van der Waals surface area contributed by atoms with Crippen molar-refractivity contribution in [3.63, 3.8) is 0 Å². The van der Waals surface area contributed by atoms with Crippen molar-refractivity contribution in [1.29, 1.82) is 0 Å². The van der Waals surface area contributed by atoms with Crippen molar-refractivity contribution < 1.29 is 23.9 Å². The second-order valence-corrected chi connectivity index (χ2v) is 5.66. The number of benzene rings is 2. The number of hydrogen-bond donors (Lipinski definition) is 2. The summed E-state index contributed by atoms with van der Waals surface area (Å²) in [6, 6.07) is 16.1. The lowest BCUT2D eigenvalue weighted by atomic mass is 10.2. The second kappa shape index (κ2) is 8.61. The number of carbonyl (C=O) groups is 3. The van der Waals surface area contributed by atoms with E-state index < -0.39 is 18.5 Å². The van der Waals surface area contributed by atoms with E-state index in [0.29, 0.717) is 17.2 Å². The molecule has 0 aromatic heterocycles. The van der Waals surface area contributed by atoms with Gasteiger partial charge in [0, 0.05) is 24.6 Å². The molecule has 0 saturated heterocycles. The molecular weight excluding hydrogens is 350 g/mol. The van der Waals surface area contributed by atoms with Crippen LogP contribution in [0.2, 0.25) is 0 Å². The van der Waals surface area contributed by atoms with E-state index >= 15 is 0 Å². The Morgan fingerprint density at radius 2 is 1.81 bits per heavy atom. The van der Waals surface area contributed by atoms with E-state index in [1.165, 1.54) is 0 Å². The highest BCUT2D eigenvalue weighted by molar-refractivity contribution is 6.37. The van der Waals surface area contributed by atoms with Crippen LogP contribution in [0.25, 0.3) is 0 Å². The van der Waals surface area contributed by atoms with E-state index in [2.05, 4.69) is 15.8 Å². The van der Waals surface area contributed by atoms with Crippen LogP contribution in [-0.2, 0) is 19.1 Å². The summed E-state index contributed by atoms with van der Waals surface area (Å²) in [7, 11) is 0. The summed E-state index contributed by atoms with van der Waals surface area (Å²) < 4.78 is 10.6. The third kappa shape index (κ3) is 5.40. The molecule has 138 valence electrons. The Morgan fingerprint density at radius 1 is 1.04 bits per heavy atom. The van der Waals surface area contributed by atoms with Gasteiger partial charge in [0.2, 0.25) is 5.91 Å². The number of para-hydroxylation sites is 1. The Morgan fingerprint density at radius 3 is 2.56 bits per heavy atom. The molecule has 0 saturated carbocycles. The summed E-state index contributed by atoms with van der Waals surface area (Å²) in [5, 5.41) is 6.25. The fourth-order valence-electron chi connectivity index (χ4n) is 2.29. The summed E-state index contributed by atoms with van der Waals surface area (Å²) in [6.07, 6.45) is 0.347. The molecular formula is C19H17N3O5. The zero-order valence-corrected chi connectivity index (χ0v) is 14.3. The molecule has 2 aromatic rings. The smallest absolute Gasteiger partial charge is 0.355 e. The lowest BCUT2D eigenvalue weighted by Gasteiger charge is -2.12. The first-order valence-electron chi connectivity index (χ1n) is 8.25. The van der Waals surface area contributed by atoms with Gasteiger partial charge in [-0.1, -0.05) is 24.3 Å². The number of anilines is 1. The minimum absolute atomic E-state index is 0.0839. The van der Waals surface area contributed by atoms with Crippen molar-refractivity contribution in [1.82, 2.24) is 5.43 Å². The third-order valence-electron chi connectivity index (χ3n) is 3.57. The molecule has 2 aromatic carbocycles. The Labute approximate surface area is 155 Å². The Hall–Kier alpha value is -3.68. The normalized spacial score (nSPS) is 13.2. The molecule has 8 nitrogen and oxygen atoms in total. The SMILES string of the molecule is O=C1CCC(C(=O)OCC(=O)Nc2cccc(Oc3ccccc3)c2)=NN1. The highest BCUT2D eigenvalue weighted by atomic mass is 16.5. The van der Waals surface area contributed by atoms with Gasteiger partial charge in [0.25, 0.3) is 5.91 Å². The second-order valence-electron chi connectivity index (χ2n) is 5.66. The maximum Gasteiger partial charge on any atom is 0.355 e. The number of hydrogen-bond acceptors (Lipinski definition) is 6. The Balaban J connectivity index is 1.51. The summed E-state index contributed by atoms with van der Waals surface area (Å²) in [5.74, 6) is -0.257. The molecule has 1 heterocycles. The van der Waals surface area contributed by atoms with Crippen molar-refractivity contribution in [2.24, 2.45) is 5.10 Å². The largest absolute Gasteiger partial charge is 0.457 e. The Bertz CT molecular complexity index is 880. The van der Waals surface area contributed by atoms with Crippen LogP contribution in [0.15, 0.2) is 59.7 Å². The summed E-state index contributed by atoms with van der Waals surface area (Å²) in [5.41, 5.74) is 2.79. The standard InChI is InChI=1S/C19H17N3O5/c23-17-10-9-16(21-22-17)19(25)26-12-18(24)20-13-5-4-8-15(11-13)27-14-6-2-1-3-7-14/h1-8,11H,9-10,12H2,(H,20,24)(H,22,23). The van der Waals surface area contributed by atoms with E-state index in [9.17, 15) is 14.4 Å². The highest BCUT2D eigenvalue weighted by Crippen LogP contribution is 2.23. The molecule has 3 rings (SSSR count). The number of esters is 1. The monoisotopic (exact) mass is 367 g/mol. The minimum atomic E-state index is -0.730. The van der Waals surface area contributed by atoms with Crippen LogP contribution in [0.5, 0.6) is 11.5 Å². The molecule has 1 aliphatic rings. The number of carbonyl (C=O) groups excluding carboxylic acids is 3. The first kappa shape index (κ1) is 18.1. The minimum Gasteiger partial charge on any atom is -0.457 e. The van der Waals surface area contributed by atoms with Gasteiger partial charge in [0.1, 0.15) is 17.2 Å². The fraction of sp³-hybridized carbons (Fsp3) is 0.158. The topological polar surface area (TPSA) is 106 Å². The molecule has 2 amide bonds. The number of amides is 2. The number of hydrazone groups is 1. The van der Waals surface area contributed by atoms with E-state index in [1.807, 2.05) is 30.3 Å². The van der Waals surface area contributed by atoms with Gasteiger partial charge in [-0.2, -0.15) is 5.10 Å². The van der Waals surface area contributed by atoms with Crippen LogP contribution in [0.3, 0.4) is 0 Å². The lowest BCUT2D eigenvalue weighted by molar-refractivity contribution is -0.140. The molecule has 27 heavy (non-hydrogen) atoms. The maximum atomic E-state index is 12.0. The summed E-state index contributed by atoms with van der Waals surface area (Å²) in [4.78, 5) is 34.8. The molecule has 0 radical (unpaired) electrons. The van der Waals surface area contributed by atoms with Gasteiger partial charge in [-0.25, -0.2) is 10.2 Å². The van der Waals surface area contributed by atoms with Crippen LogP contribution in [0.1, 0.15) is 12.8 Å². The number of nitrogens with one attached hydrogen (secondary N) is 2. The number of ether oxygens (including phenoxy) is 2. The average molecular weight is 367 g/mol. The van der Waals surface area contributed by atoms with Crippen LogP contribution < -0.4 is 15.5 Å². The van der Waals surface area contributed by atoms with Gasteiger partial charge < -0.3 is 14.8 Å². The zero-order chi connectivity index (χ0) is 19.1. The Kier molecular flexibility index (Phi) is 5.78. The van der Waals surface area contributed by atoms with Gasteiger partial charge in [-0.3, -0.25) is 9.59 Å². The van der Waals surface area contributed by atoms with Crippen LogP contribution in [0, 0.1) is 0 Å². The number of rotatable bonds is 6. The molecule has 0 atom stereocenters. The fourth-order valence-corrected chi connectivity index (χ4v) is 2.29. The first-order valence-corrected chi connectivity index (χ1v) is 8.25. The molecule has 0 unspecified atom stereocenters. The van der Waals surface area contributed by atoms with Crippen molar-refractivity contribution >= 4 is 29.2 Å². The predicted octanol–water partition coefficient (Wildman–Crippen LogP) is 2.23. The van der Waals surface area contributed by atoms with Crippen molar-refractivity contribution in [3.05, 3.63) is 54.6 Å². The molecule has 0 spiro atoms. The van der Waals surface area contributed by atoms with E-state index in [0.717, 1.165) is 0 Å². The van der Waals surface area contributed by atoms with Gasteiger partial charge in [0.15, 0.2) is 6.61 Å². The average Bonchev–Trinajstić information content (AvgIpc) is 2.68. The zero-order valence-electron chi connectivity index (χ0n) is 14.3. The molecule has 0 aliphatic carbocycles. The third-order valence-corrected chi connectivity index (χ3v) is 3.57. The highest BCUT2D eigenvalue weighted by Gasteiger charge is 2.20. The quantitative estimate of drug-likeness (QED) is 0.762. The first-order chi connectivity index (χ1) is 13.1. The summed E-state index contributed by atoms with van der Waals surface area (Å²) in [6.45, 7) is -0.463. The number of nitrogens with zero attached hydrogens (tertiary/aromatic N) is 1. The van der Waals surface area contributed by atoms with Crippen molar-refractivity contribution in [3.8, 4) is 11.5 Å². The maximum absolute atomic E-state index is 12.0. The molecule has 0 fully saturated rings. The lowest BCUT2D eigenvalue weighted by Crippen LogP contribution is -2.32. The van der Waals surface area contributed by atoms with E-state index in [1.54, 1.807) is 24.3 Å². The van der Waals surface area contributed by atoms with Crippen LogP contribution in [-0.4, -0.2) is 30.1 Å². The summed E-state index contributed by atoms with van der Waals surface area (Å²) >= 11 is 0. The van der Waals surface area contributed by atoms with Crippen molar-refractivity contribution in [2.75, 3.05) is 11.9 Å². The van der Waals surface area contributed by atoms with Crippen LogP contribution in [0.4, 0.5) is 5.69 Å². The molecule has 1 aliphatic heterocycles. The van der Waals surface area contributed by atoms with Crippen LogP contribution >= 0.6 is 0 Å². The van der Waals surface area contributed by atoms with E-state index in [4.69, 9.17) is 9.47 Å². The molecule has 0 bridgehead atoms. The van der Waals surface area contributed by atoms with Gasteiger partial charge in [0.05, 0.1) is 0 Å². The van der Waals surface area contributed by atoms with E-state index in [-0.39, 0.29) is 24.5 Å². The molecule has 8 heteroatoms. The molecule has 2 N–H and O–H groups in total. The van der Waals surface area contributed by atoms with Crippen molar-refractivity contribution in [2.45, 2.75) is 12.8 Å². The predicted molar refractivity (Wildman–Crippen MR) is 97.4 cm³/mol.